The Morgan fingerprint density at radius 1 is 1.60 bits per heavy atom. The lowest BCUT2D eigenvalue weighted by Gasteiger charge is -2.05. The summed E-state index contributed by atoms with van der Waals surface area (Å²) in [5.41, 5.74) is 4.67. The van der Waals surface area contributed by atoms with Crippen LogP contribution in [0.5, 0.6) is 5.75 Å². The SMILES string of the molecule is C#CCOc1ccc(C=NNc2nc(C)cs2)cc1Cl. The summed E-state index contributed by atoms with van der Waals surface area (Å²) in [4.78, 5) is 4.24. The molecule has 6 heteroatoms. The summed E-state index contributed by atoms with van der Waals surface area (Å²) in [7, 11) is 0. The quantitative estimate of drug-likeness (QED) is 0.522. The number of terminal acetylenes is 1. The van der Waals surface area contributed by atoms with Crippen LogP contribution in [0.4, 0.5) is 5.13 Å². The summed E-state index contributed by atoms with van der Waals surface area (Å²) in [6.07, 6.45) is 6.79. The smallest absolute Gasteiger partial charge is 0.203 e. The van der Waals surface area contributed by atoms with E-state index in [9.17, 15) is 0 Å². The molecule has 2 aromatic rings. The van der Waals surface area contributed by atoms with Crippen molar-refractivity contribution in [2.24, 2.45) is 5.10 Å². The summed E-state index contributed by atoms with van der Waals surface area (Å²) in [6.45, 7) is 2.12. The predicted octanol–water partition coefficient (Wildman–Crippen LogP) is 3.56. The van der Waals surface area contributed by atoms with Gasteiger partial charge in [-0.15, -0.1) is 17.8 Å². The van der Waals surface area contributed by atoms with E-state index in [1.54, 1.807) is 18.3 Å². The minimum Gasteiger partial charge on any atom is -0.479 e. The molecular formula is C14H12ClN3OS. The van der Waals surface area contributed by atoms with E-state index in [2.05, 4.69) is 21.4 Å². The second kappa shape index (κ2) is 6.94. The van der Waals surface area contributed by atoms with Crippen LogP contribution in [-0.4, -0.2) is 17.8 Å². The third-order valence-corrected chi connectivity index (χ3v) is 3.42. The number of thiazole rings is 1. The standard InChI is InChI=1S/C14H12ClN3OS/c1-3-6-19-13-5-4-11(7-12(13)15)8-16-18-14-17-10(2)9-20-14/h1,4-5,7-9H,6H2,2H3,(H,17,18). The lowest BCUT2D eigenvalue weighted by Crippen LogP contribution is -1.95. The molecule has 1 N–H and O–H groups in total. The molecule has 0 aliphatic heterocycles. The maximum Gasteiger partial charge on any atom is 0.203 e. The molecule has 0 radical (unpaired) electrons. The fourth-order valence-corrected chi connectivity index (χ4v) is 2.28. The molecule has 0 fully saturated rings. The van der Waals surface area contributed by atoms with E-state index in [1.165, 1.54) is 11.3 Å². The van der Waals surface area contributed by atoms with Gasteiger partial charge in [0.05, 0.1) is 16.9 Å². The molecule has 2 rings (SSSR count). The van der Waals surface area contributed by atoms with E-state index in [1.807, 2.05) is 18.4 Å². The number of nitrogens with zero attached hydrogens (tertiary/aromatic N) is 2. The molecule has 4 nitrogen and oxygen atoms in total. The Morgan fingerprint density at radius 2 is 2.45 bits per heavy atom. The number of rotatable bonds is 5. The number of aryl methyl sites for hydroxylation is 1. The van der Waals surface area contributed by atoms with Crippen LogP contribution in [0, 0.1) is 19.3 Å². The van der Waals surface area contributed by atoms with Gasteiger partial charge in [0.15, 0.2) is 0 Å². The van der Waals surface area contributed by atoms with Gasteiger partial charge in [0.1, 0.15) is 12.4 Å². The van der Waals surface area contributed by atoms with Crippen LogP contribution in [0.15, 0.2) is 28.7 Å². The average molecular weight is 306 g/mol. The van der Waals surface area contributed by atoms with Crippen molar-refractivity contribution >= 4 is 34.3 Å². The fraction of sp³-hybridized carbons (Fsp3) is 0.143. The number of hydrogen-bond donors (Lipinski definition) is 1. The first-order valence-corrected chi connectivity index (χ1v) is 7.02. The van der Waals surface area contributed by atoms with Gasteiger partial charge in [-0.3, -0.25) is 5.43 Å². The van der Waals surface area contributed by atoms with Gasteiger partial charge in [-0.25, -0.2) is 4.98 Å². The molecule has 0 atom stereocenters. The number of hydrazone groups is 1. The van der Waals surface area contributed by atoms with E-state index in [-0.39, 0.29) is 6.61 Å². The van der Waals surface area contributed by atoms with Crippen LogP contribution in [0.2, 0.25) is 5.02 Å². The van der Waals surface area contributed by atoms with Gasteiger partial charge in [0.25, 0.3) is 0 Å². The summed E-state index contributed by atoms with van der Waals surface area (Å²) < 4.78 is 5.28. The molecule has 0 aliphatic rings. The molecule has 0 saturated heterocycles. The van der Waals surface area contributed by atoms with Gasteiger partial charge >= 0.3 is 0 Å². The molecule has 1 aromatic carbocycles. The normalized spacial score (nSPS) is 10.4. The minimum absolute atomic E-state index is 0.193. The molecule has 20 heavy (non-hydrogen) atoms. The third-order valence-electron chi connectivity index (χ3n) is 2.26. The third kappa shape index (κ3) is 3.98. The number of aromatic nitrogens is 1. The number of hydrogen-bond acceptors (Lipinski definition) is 5. The van der Waals surface area contributed by atoms with Crippen molar-refractivity contribution in [2.75, 3.05) is 12.0 Å². The Hall–Kier alpha value is -2.03. The first kappa shape index (κ1) is 14.4. The number of anilines is 1. The highest BCUT2D eigenvalue weighted by Gasteiger charge is 2.01. The zero-order valence-corrected chi connectivity index (χ0v) is 12.3. The molecule has 0 bridgehead atoms. The second-order valence-electron chi connectivity index (χ2n) is 3.85. The van der Waals surface area contributed by atoms with Crippen LogP contribution in [-0.2, 0) is 0 Å². The van der Waals surface area contributed by atoms with Gasteiger partial charge in [0, 0.05) is 5.38 Å². The highest BCUT2D eigenvalue weighted by molar-refractivity contribution is 7.13. The molecule has 1 aromatic heterocycles. The molecule has 0 spiro atoms. The van der Waals surface area contributed by atoms with Crippen molar-refractivity contribution in [2.45, 2.75) is 6.92 Å². The van der Waals surface area contributed by atoms with E-state index in [4.69, 9.17) is 22.8 Å². The van der Waals surface area contributed by atoms with Gasteiger partial charge in [-0.2, -0.15) is 5.10 Å². The zero-order chi connectivity index (χ0) is 14.4. The first-order valence-electron chi connectivity index (χ1n) is 5.76. The largest absolute Gasteiger partial charge is 0.479 e. The molecule has 102 valence electrons. The topological polar surface area (TPSA) is 46.5 Å². The lowest BCUT2D eigenvalue weighted by molar-refractivity contribution is 0.370. The van der Waals surface area contributed by atoms with Gasteiger partial charge in [-0.05, 0) is 30.7 Å². The van der Waals surface area contributed by atoms with Gasteiger partial charge in [0.2, 0.25) is 5.13 Å². The molecule has 1 heterocycles. The van der Waals surface area contributed by atoms with E-state index >= 15 is 0 Å². The van der Waals surface area contributed by atoms with Crippen molar-refractivity contribution in [1.82, 2.24) is 4.98 Å². The Kier molecular flexibility index (Phi) is 4.99. The Labute approximate surface area is 126 Å². The maximum absolute atomic E-state index is 6.08. The van der Waals surface area contributed by atoms with E-state index in [0.29, 0.717) is 10.8 Å². The second-order valence-corrected chi connectivity index (χ2v) is 5.11. The van der Waals surface area contributed by atoms with Crippen LogP contribution >= 0.6 is 22.9 Å². The van der Waals surface area contributed by atoms with Crippen molar-refractivity contribution in [1.29, 1.82) is 0 Å². The van der Waals surface area contributed by atoms with Gasteiger partial charge in [-0.1, -0.05) is 17.5 Å². The molecule has 0 aliphatic carbocycles. The molecule has 0 unspecified atom stereocenters. The van der Waals surface area contributed by atoms with Crippen LogP contribution in [0.3, 0.4) is 0 Å². The van der Waals surface area contributed by atoms with Crippen molar-refractivity contribution in [3.05, 3.63) is 39.9 Å². The monoisotopic (exact) mass is 305 g/mol. The maximum atomic E-state index is 6.08. The number of ether oxygens (including phenoxy) is 1. The Balaban J connectivity index is 1.99. The highest BCUT2D eigenvalue weighted by atomic mass is 35.5. The van der Waals surface area contributed by atoms with Crippen LogP contribution in [0.25, 0.3) is 0 Å². The van der Waals surface area contributed by atoms with Crippen molar-refractivity contribution in [3.8, 4) is 18.1 Å². The highest BCUT2D eigenvalue weighted by Crippen LogP contribution is 2.24. The van der Waals surface area contributed by atoms with Gasteiger partial charge < -0.3 is 4.74 Å². The fourth-order valence-electron chi connectivity index (χ4n) is 1.40. The zero-order valence-electron chi connectivity index (χ0n) is 10.8. The van der Waals surface area contributed by atoms with Crippen molar-refractivity contribution < 1.29 is 4.74 Å². The average Bonchev–Trinajstić information content (AvgIpc) is 2.84. The Bertz CT molecular complexity index is 661. The summed E-state index contributed by atoms with van der Waals surface area (Å²) in [6, 6.07) is 5.36. The first-order chi connectivity index (χ1) is 9.69. The lowest BCUT2D eigenvalue weighted by atomic mass is 10.2. The van der Waals surface area contributed by atoms with Crippen LogP contribution in [0.1, 0.15) is 11.3 Å². The van der Waals surface area contributed by atoms with E-state index < -0.39 is 0 Å². The van der Waals surface area contributed by atoms with Crippen LogP contribution < -0.4 is 10.2 Å². The molecular weight excluding hydrogens is 294 g/mol. The summed E-state index contributed by atoms with van der Waals surface area (Å²) in [5, 5.41) is 7.29. The number of benzene rings is 1. The Morgan fingerprint density at radius 3 is 3.10 bits per heavy atom. The minimum atomic E-state index is 0.193. The molecule has 0 saturated carbocycles. The predicted molar refractivity (Wildman–Crippen MR) is 83.8 cm³/mol. The molecule has 0 amide bonds. The number of halogens is 1. The summed E-state index contributed by atoms with van der Waals surface area (Å²) >= 11 is 7.58. The van der Waals surface area contributed by atoms with Crippen molar-refractivity contribution in [3.63, 3.8) is 0 Å². The van der Waals surface area contributed by atoms with E-state index in [0.717, 1.165) is 16.4 Å². The number of nitrogens with one attached hydrogen (secondary N) is 1. The summed E-state index contributed by atoms with van der Waals surface area (Å²) in [5.74, 6) is 2.95.